The molecule has 3 rings (SSSR count). The van der Waals surface area contributed by atoms with Gasteiger partial charge in [0.15, 0.2) is 5.69 Å². The minimum atomic E-state index is -4.55. The highest BCUT2D eigenvalue weighted by Gasteiger charge is 2.33. The van der Waals surface area contributed by atoms with Crippen LogP contribution in [0.15, 0.2) is 54.7 Å². The summed E-state index contributed by atoms with van der Waals surface area (Å²) in [6, 6.07) is 11.9. The van der Waals surface area contributed by atoms with Gasteiger partial charge in [-0.05, 0) is 48.9 Å². The molecule has 2 aromatic carbocycles. The van der Waals surface area contributed by atoms with Crippen molar-refractivity contribution in [3.63, 3.8) is 0 Å². The molecule has 0 unspecified atom stereocenters. The van der Waals surface area contributed by atoms with Crippen molar-refractivity contribution in [3.8, 4) is 11.4 Å². The second-order valence-electron chi connectivity index (χ2n) is 6.15. The van der Waals surface area contributed by atoms with Crippen LogP contribution in [-0.4, -0.2) is 16.9 Å². The van der Waals surface area contributed by atoms with Gasteiger partial charge in [-0.2, -0.15) is 18.3 Å². The van der Waals surface area contributed by atoms with Crippen LogP contribution in [-0.2, 0) is 17.5 Å². The van der Waals surface area contributed by atoms with Crippen LogP contribution in [0.3, 0.4) is 0 Å². The largest absolute Gasteiger partial charge is 0.497 e. The summed E-state index contributed by atoms with van der Waals surface area (Å²) >= 11 is 0. The molecular weight excluding hydrogens is 376 g/mol. The summed E-state index contributed by atoms with van der Waals surface area (Å²) in [6.07, 6.45) is -3.94. The molecule has 0 N–H and O–H groups in total. The number of benzene rings is 2. The first-order valence-corrected chi connectivity index (χ1v) is 8.45. The van der Waals surface area contributed by atoms with Crippen LogP contribution in [0, 0.1) is 5.82 Å². The van der Waals surface area contributed by atoms with Gasteiger partial charge in [-0.15, -0.1) is 0 Å². The number of methoxy groups -OCH3 is 1. The molecule has 1 heterocycles. The van der Waals surface area contributed by atoms with E-state index in [0.29, 0.717) is 17.0 Å². The Bertz CT molecular complexity index is 936. The average molecular weight is 394 g/mol. The minimum Gasteiger partial charge on any atom is -0.497 e. The fraction of sp³-hybridized carbons (Fsp3) is 0.250. The smallest absolute Gasteiger partial charge is 0.435 e. The maximum Gasteiger partial charge on any atom is 0.435 e. The van der Waals surface area contributed by atoms with Crippen molar-refractivity contribution in [2.24, 2.45) is 0 Å². The number of ether oxygens (including phenoxy) is 2. The summed E-state index contributed by atoms with van der Waals surface area (Å²) in [5.41, 5.74) is 0.572. The maximum absolute atomic E-state index is 13.8. The molecule has 0 aliphatic rings. The lowest BCUT2D eigenvalue weighted by atomic mass is 10.1. The van der Waals surface area contributed by atoms with Crippen LogP contribution < -0.4 is 4.74 Å². The lowest BCUT2D eigenvalue weighted by Crippen LogP contribution is -2.10. The highest BCUT2D eigenvalue weighted by Crippen LogP contribution is 2.30. The third-order valence-corrected chi connectivity index (χ3v) is 4.21. The van der Waals surface area contributed by atoms with E-state index in [2.05, 4.69) is 5.10 Å². The first-order chi connectivity index (χ1) is 13.3. The Hall–Kier alpha value is -2.87. The molecule has 0 amide bonds. The highest BCUT2D eigenvalue weighted by molar-refractivity contribution is 5.42. The first kappa shape index (κ1) is 19.9. The number of rotatable bonds is 6. The van der Waals surface area contributed by atoms with Gasteiger partial charge in [0.1, 0.15) is 11.6 Å². The summed E-state index contributed by atoms with van der Waals surface area (Å²) in [4.78, 5) is 0. The van der Waals surface area contributed by atoms with E-state index in [1.54, 1.807) is 26.2 Å². The number of alkyl halides is 3. The Balaban J connectivity index is 1.82. The van der Waals surface area contributed by atoms with E-state index >= 15 is 0 Å². The van der Waals surface area contributed by atoms with E-state index in [9.17, 15) is 17.6 Å². The van der Waals surface area contributed by atoms with Crippen molar-refractivity contribution >= 4 is 0 Å². The van der Waals surface area contributed by atoms with Crippen LogP contribution in [0.2, 0.25) is 0 Å². The zero-order valence-electron chi connectivity index (χ0n) is 15.2. The van der Waals surface area contributed by atoms with E-state index in [4.69, 9.17) is 9.47 Å². The molecule has 0 saturated carbocycles. The van der Waals surface area contributed by atoms with E-state index in [0.717, 1.165) is 16.3 Å². The number of nitrogens with zero attached hydrogens (tertiary/aromatic N) is 2. The molecule has 0 saturated heterocycles. The second kappa shape index (κ2) is 8.02. The van der Waals surface area contributed by atoms with Crippen molar-refractivity contribution in [2.75, 3.05) is 7.11 Å². The van der Waals surface area contributed by atoms with E-state index in [1.165, 1.54) is 24.4 Å². The molecule has 0 fully saturated rings. The molecule has 0 spiro atoms. The van der Waals surface area contributed by atoms with Crippen molar-refractivity contribution in [2.45, 2.75) is 25.8 Å². The van der Waals surface area contributed by atoms with Crippen molar-refractivity contribution < 1.29 is 27.0 Å². The van der Waals surface area contributed by atoms with Gasteiger partial charge in [0.05, 0.1) is 25.5 Å². The van der Waals surface area contributed by atoms with Gasteiger partial charge >= 0.3 is 6.18 Å². The van der Waals surface area contributed by atoms with Gasteiger partial charge in [-0.1, -0.05) is 12.1 Å². The molecule has 0 aliphatic heterocycles. The van der Waals surface area contributed by atoms with E-state index in [1.807, 2.05) is 12.1 Å². The van der Waals surface area contributed by atoms with Gasteiger partial charge < -0.3 is 9.47 Å². The summed E-state index contributed by atoms with van der Waals surface area (Å²) < 4.78 is 64.3. The molecule has 4 nitrogen and oxygen atoms in total. The summed E-state index contributed by atoms with van der Waals surface area (Å²) in [5, 5.41) is 3.56. The Kier molecular flexibility index (Phi) is 5.69. The van der Waals surface area contributed by atoms with Gasteiger partial charge in [0, 0.05) is 11.8 Å². The quantitative estimate of drug-likeness (QED) is 0.531. The van der Waals surface area contributed by atoms with Crippen LogP contribution in [0.1, 0.15) is 29.8 Å². The summed E-state index contributed by atoms with van der Waals surface area (Å²) in [7, 11) is 1.57. The van der Waals surface area contributed by atoms with Crippen molar-refractivity contribution in [1.29, 1.82) is 0 Å². The maximum atomic E-state index is 13.8. The van der Waals surface area contributed by atoms with Gasteiger partial charge in [0.2, 0.25) is 0 Å². The lowest BCUT2D eigenvalue weighted by molar-refractivity contribution is -0.141. The zero-order valence-corrected chi connectivity index (χ0v) is 15.2. The molecule has 0 aliphatic carbocycles. The SMILES string of the molecule is COc1ccc(CO[C@H](C)c2cc(F)ccc2-n2ccc(C(F)(F)F)n2)cc1. The lowest BCUT2D eigenvalue weighted by Gasteiger charge is -2.18. The third kappa shape index (κ3) is 4.51. The molecule has 8 heteroatoms. The molecular formula is C20H18F4N2O2. The topological polar surface area (TPSA) is 36.3 Å². The normalized spacial score (nSPS) is 12.8. The predicted octanol–water partition coefficient (Wildman–Crippen LogP) is 5.32. The predicted molar refractivity (Wildman–Crippen MR) is 94.7 cm³/mol. The monoisotopic (exact) mass is 394 g/mol. The Morgan fingerprint density at radius 3 is 2.39 bits per heavy atom. The number of aromatic nitrogens is 2. The zero-order chi connectivity index (χ0) is 20.3. The van der Waals surface area contributed by atoms with Gasteiger partial charge in [0.25, 0.3) is 0 Å². The molecule has 148 valence electrons. The Labute approximate surface area is 159 Å². The molecule has 1 atom stereocenters. The van der Waals surface area contributed by atoms with Crippen LogP contribution in [0.4, 0.5) is 17.6 Å². The number of hydrogen-bond acceptors (Lipinski definition) is 3. The van der Waals surface area contributed by atoms with Crippen LogP contribution >= 0.6 is 0 Å². The van der Waals surface area contributed by atoms with Crippen molar-refractivity contribution in [3.05, 3.63) is 77.4 Å². The average Bonchev–Trinajstić information content (AvgIpc) is 3.17. The third-order valence-electron chi connectivity index (χ3n) is 4.21. The standard InChI is InChI=1S/C20H18F4N2O2/c1-13(28-12-14-3-6-16(27-2)7-4-14)17-11-15(21)5-8-18(17)26-10-9-19(25-26)20(22,23)24/h3-11,13H,12H2,1-2H3/t13-/m1/s1. The van der Waals surface area contributed by atoms with Crippen LogP contribution in [0.25, 0.3) is 5.69 Å². The molecule has 3 aromatic rings. The number of halogens is 4. The summed E-state index contributed by atoms with van der Waals surface area (Å²) in [5.74, 6) is 0.199. The molecule has 28 heavy (non-hydrogen) atoms. The highest BCUT2D eigenvalue weighted by atomic mass is 19.4. The second-order valence-corrected chi connectivity index (χ2v) is 6.15. The first-order valence-electron chi connectivity index (χ1n) is 8.45. The molecule has 0 radical (unpaired) electrons. The fourth-order valence-corrected chi connectivity index (χ4v) is 2.70. The Morgan fingerprint density at radius 2 is 1.79 bits per heavy atom. The van der Waals surface area contributed by atoms with E-state index in [-0.39, 0.29) is 6.61 Å². The van der Waals surface area contributed by atoms with Gasteiger partial charge in [-0.3, -0.25) is 0 Å². The van der Waals surface area contributed by atoms with Gasteiger partial charge in [-0.25, -0.2) is 9.07 Å². The molecule has 0 bridgehead atoms. The fourth-order valence-electron chi connectivity index (χ4n) is 2.70. The van der Waals surface area contributed by atoms with Crippen LogP contribution in [0.5, 0.6) is 5.75 Å². The minimum absolute atomic E-state index is 0.244. The van der Waals surface area contributed by atoms with E-state index < -0.39 is 23.8 Å². The number of hydrogen-bond donors (Lipinski definition) is 0. The summed E-state index contributed by atoms with van der Waals surface area (Å²) in [6.45, 7) is 1.95. The Morgan fingerprint density at radius 1 is 1.07 bits per heavy atom. The molecule has 1 aromatic heterocycles. The van der Waals surface area contributed by atoms with Crippen molar-refractivity contribution in [1.82, 2.24) is 9.78 Å².